The molecule has 0 heterocycles. The molecule has 0 bridgehead atoms. The van der Waals surface area contributed by atoms with Gasteiger partial charge in [0, 0.05) is 16.7 Å². The molecule has 22 heavy (non-hydrogen) atoms. The number of halogens is 1. The van der Waals surface area contributed by atoms with E-state index in [0.717, 1.165) is 28.6 Å². The number of carbonyl (C=O) groups excluding carboxylic acids is 1. The summed E-state index contributed by atoms with van der Waals surface area (Å²) in [7, 11) is 0. The summed E-state index contributed by atoms with van der Waals surface area (Å²) in [6, 6.07) is 16.3. The molecule has 0 aliphatic heterocycles. The third-order valence-electron chi connectivity index (χ3n) is 3.44. The highest BCUT2D eigenvalue weighted by Crippen LogP contribution is 2.19. The number of anilines is 1. The van der Waals surface area contributed by atoms with Gasteiger partial charge in [0.05, 0.1) is 6.54 Å². The minimum Gasteiger partial charge on any atom is -0.376 e. The third kappa shape index (κ3) is 5.53. The minimum atomic E-state index is 0.0235. The fraction of sp³-hybridized carbons (Fsp3) is 0.278. The number of carbonyl (C=O) groups is 1. The van der Waals surface area contributed by atoms with Gasteiger partial charge in [0.25, 0.3) is 0 Å². The summed E-state index contributed by atoms with van der Waals surface area (Å²) in [4.78, 5) is 11.8. The van der Waals surface area contributed by atoms with Gasteiger partial charge in [-0.25, -0.2) is 0 Å². The summed E-state index contributed by atoms with van der Waals surface area (Å²) >= 11 is 3.43. The Kier molecular flexibility index (Phi) is 6.46. The van der Waals surface area contributed by atoms with Gasteiger partial charge in [-0.3, -0.25) is 4.79 Å². The van der Waals surface area contributed by atoms with E-state index in [-0.39, 0.29) is 5.91 Å². The zero-order valence-electron chi connectivity index (χ0n) is 12.7. The zero-order chi connectivity index (χ0) is 15.8. The molecule has 4 heteroatoms. The summed E-state index contributed by atoms with van der Waals surface area (Å²) in [6.45, 7) is 3.02. The Hall–Kier alpha value is -1.81. The molecular weight excluding hydrogens is 340 g/mol. The highest BCUT2D eigenvalue weighted by Gasteiger charge is 2.03. The Morgan fingerprint density at radius 2 is 1.91 bits per heavy atom. The molecule has 0 aliphatic rings. The lowest BCUT2D eigenvalue weighted by Gasteiger charge is -2.10. The molecule has 0 spiro atoms. The fourth-order valence-corrected chi connectivity index (χ4v) is 2.70. The first-order valence-corrected chi connectivity index (χ1v) is 8.25. The van der Waals surface area contributed by atoms with Crippen LogP contribution in [0.5, 0.6) is 0 Å². The summed E-state index contributed by atoms with van der Waals surface area (Å²) in [6.07, 6.45) is 1.94. The number of amides is 1. The van der Waals surface area contributed by atoms with E-state index in [1.165, 1.54) is 5.56 Å². The Balaban J connectivity index is 1.65. The molecule has 0 aromatic heterocycles. The lowest BCUT2D eigenvalue weighted by molar-refractivity contribution is -0.119. The van der Waals surface area contributed by atoms with Crippen LogP contribution < -0.4 is 10.6 Å². The maximum atomic E-state index is 11.8. The molecule has 0 fully saturated rings. The van der Waals surface area contributed by atoms with Gasteiger partial charge in [0.2, 0.25) is 5.91 Å². The van der Waals surface area contributed by atoms with Crippen molar-refractivity contribution < 1.29 is 4.79 Å². The molecule has 2 N–H and O–H groups in total. The van der Waals surface area contributed by atoms with E-state index < -0.39 is 0 Å². The van der Waals surface area contributed by atoms with Crippen LogP contribution in [0.15, 0.2) is 53.0 Å². The second-order valence-electron chi connectivity index (χ2n) is 5.25. The predicted octanol–water partition coefficient (Wildman–Crippen LogP) is 3.92. The van der Waals surface area contributed by atoms with E-state index in [0.29, 0.717) is 13.1 Å². The fourth-order valence-electron chi connectivity index (χ4n) is 2.23. The maximum Gasteiger partial charge on any atom is 0.239 e. The van der Waals surface area contributed by atoms with Gasteiger partial charge in [-0.05, 0) is 49.1 Å². The summed E-state index contributed by atoms with van der Waals surface area (Å²) in [5.74, 6) is 0.0235. The van der Waals surface area contributed by atoms with Crippen molar-refractivity contribution in [3.05, 3.63) is 64.1 Å². The van der Waals surface area contributed by atoms with E-state index in [1.54, 1.807) is 0 Å². The van der Waals surface area contributed by atoms with Gasteiger partial charge in [0.1, 0.15) is 0 Å². The van der Waals surface area contributed by atoms with E-state index in [9.17, 15) is 4.79 Å². The molecule has 0 aliphatic carbocycles. The summed E-state index contributed by atoms with van der Waals surface area (Å²) in [5, 5.41) is 6.11. The smallest absolute Gasteiger partial charge is 0.239 e. The van der Waals surface area contributed by atoms with Crippen LogP contribution in [0.2, 0.25) is 0 Å². The Bertz CT molecular complexity index is 614. The maximum absolute atomic E-state index is 11.8. The van der Waals surface area contributed by atoms with Gasteiger partial charge in [-0.15, -0.1) is 0 Å². The van der Waals surface area contributed by atoms with Crippen LogP contribution in [0.4, 0.5) is 5.69 Å². The number of benzene rings is 2. The van der Waals surface area contributed by atoms with Gasteiger partial charge >= 0.3 is 0 Å². The average Bonchev–Trinajstić information content (AvgIpc) is 2.52. The molecule has 0 radical (unpaired) electrons. The quantitative estimate of drug-likeness (QED) is 0.734. The van der Waals surface area contributed by atoms with Crippen LogP contribution in [0, 0.1) is 6.92 Å². The van der Waals surface area contributed by atoms with Crippen LogP contribution >= 0.6 is 15.9 Å². The largest absolute Gasteiger partial charge is 0.376 e. The normalized spacial score (nSPS) is 10.3. The minimum absolute atomic E-state index is 0.0235. The molecule has 2 aromatic rings. The lowest BCUT2D eigenvalue weighted by atomic mass is 10.1. The number of rotatable bonds is 7. The first-order chi connectivity index (χ1) is 10.6. The molecule has 0 unspecified atom stereocenters. The molecule has 2 aromatic carbocycles. The molecule has 0 saturated carbocycles. The topological polar surface area (TPSA) is 41.1 Å². The Morgan fingerprint density at radius 3 is 2.64 bits per heavy atom. The molecular formula is C18H21BrN2O. The van der Waals surface area contributed by atoms with Crippen molar-refractivity contribution in [3.8, 4) is 0 Å². The number of nitrogens with one attached hydrogen (secondary N) is 2. The van der Waals surface area contributed by atoms with Gasteiger partial charge in [-0.1, -0.05) is 46.3 Å². The zero-order valence-corrected chi connectivity index (χ0v) is 14.3. The summed E-state index contributed by atoms with van der Waals surface area (Å²) < 4.78 is 1.04. The van der Waals surface area contributed by atoms with Crippen molar-refractivity contribution in [3.63, 3.8) is 0 Å². The van der Waals surface area contributed by atoms with Crippen LogP contribution in [0.1, 0.15) is 17.5 Å². The third-order valence-corrected chi connectivity index (χ3v) is 3.93. The SMILES string of the molecule is Cc1cc(Br)ccc1NCC(=O)NCCCc1ccccc1. The van der Waals surface area contributed by atoms with Crippen molar-refractivity contribution in [2.24, 2.45) is 0 Å². The first kappa shape index (κ1) is 16.6. The van der Waals surface area contributed by atoms with Crippen molar-refractivity contribution in [1.29, 1.82) is 0 Å². The van der Waals surface area contributed by atoms with Crippen LogP contribution in [-0.4, -0.2) is 19.0 Å². The van der Waals surface area contributed by atoms with Crippen LogP contribution in [0.3, 0.4) is 0 Å². The Morgan fingerprint density at radius 1 is 1.14 bits per heavy atom. The van der Waals surface area contributed by atoms with Crippen molar-refractivity contribution in [1.82, 2.24) is 5.32 Å². The second-order valence-corrected chi connectivity index (χ2v) is 6.17. The van der Waals surface area contributed by atoms with E-state index in [4.69, 9.17) is 0 Å². The number of hydrogen-bond acceptors (Lipinski definition) is 2. The van der Waals surface area contributed by atoms with Crippen LogP contribution in [0.25, 0.3) is 0 Å². The van der Waals surface area contributed by atoms with Crippen molar-refractivity contribution in [2.75, 3.05) is 18.4 Å². The average molecular weight is 361 g/mol. The molecule has 1 amide bonds. The monoisotopic (exact) mass is 360 g/mol. The summed E-state index contributed by atoms with van der Waals surface area (Å²) in [5.41, 5.74) is 3.41. The van der Waals surface area contributed by atoms with Crippen LogP contribution in [-0.2, 0) is 11.2 Å². The standard InChI is InChI=1S/C18H21BrN2O/c1-14-12-16(19)9-10-17(14)21-13-18(22)20-11-5-8-15-6-3-2-4-7-15/h2-4,6-7,9-10,12,21H,5,8,11,13H2,1H3,(H,20,22). The number of hydrogen-bond donors (Lipinski definition) is 2. The Labute approximate surface area is 140 Å². The van der Waals surface area contributed by atoms with Crippen molar-refractivity contribution in [2.45, 2.75) is 19.8 Å². The molecule has 0 atom stereocenters. The van der Waals surface area contributed by atoms with Gasteiger partial charge in [0.15, 0.2) is 0 Å². The highest BCUT2D eigenvalue weighted by molar-refractivity contribution is 9.10. The number of aryl methyl sites for hydroxylation is 2. The first-order valence-electron chi connectivity index (χ1n) is 7.46. The van der Waals surface area contributed by atoms with E-state index in [2.05, 4.69) is 38.7 Å². The molecule has 116 valence electrons. The van der Waals surface area contributed by atoms with E-state index in [1.807, 2.05) is 43.3 Å². The van der Waals surface area contributed by atoms with Crippen molar-refractivity contribution >= 4 is 27.5 Å². The highest BCUT2D eigenvalue weighted by atomic mass is 79.9. The molecule has 2 rings (SSSR count). The van der Waals surface area contributed by atoms with E-state index >= 15 is 0 Å². The molecule has 0 saturated heterocycles. The predicted molar refractivity (Wildman–Crippen MR) is 95.1 cm³/mol. The molecule has 3 nitrogen and oxygen atoms in total. The second kappa shape index (κ2) is 8.59. The van der Waals surface area contributed by atoms with Gasteiger partial charge < -0.3 is 10.6 Å². The van der Waals surface area contributed by atoms with Gasteiger partial charge in [-0.2, -0.15) is 0 Å². The lowest BCUT2D eigenvalue weighted by Crippen LogP contribution is -2.30.